The number of carbonyl (C=O) groups is 1. The van der Waals surface area contributed by atoms with Crippen LogP contribution in [0.25, 0.3) is 0 Å². The van der Waals surface area contributed by atoms with Crippen molar-refractivity contribution in [1.29, 1.82) is 0 Å². The summed E-state index contributed by atoms with van der Waals surface area (Å²) in [4.78, 5) is 21.7. The molecule has 1 amide bonds. The molecule has 0 radical (unpaired) electrons. The highest BCUT2D eigenvalue weighted by Gasteiger charge is 2.37. The lowest BCUT2D eigenvalue weighted by molar-refractivity contribution is -0.0752. The average molecular weight is 331 g/mol. The second kappa shape index (κ2) is 7.07. The molecule has 1 aromatic heterocycles. The molecule has 1 aliphatic carbocycles. The summed E-state index contributed by atoms with van der Waals surface area (Å²) in [6.45, 7) is 4.51. The molecule has 24 heavy (non-hydrogen) atoms. The first-order valence-electron chi connectivity index (χ1n) is 9.04. The maximum atomic E-state index is 12.9. The van der Waals surface area contributed by atoms with Crippen molar-refractivity contribution in [2.75, 3.05) is 44.4 Å². The molecule has 130 valence electrons. The number of hydrogen-bond acceptors (Lipinski definition) is 5. The lowest BCUT2D eigenvalue weighted by atomic mass is 9.90. The second-order valence-electron chi connectivity index (χ2n) is 6.76. The van der Waals surface area contributed by atoms with Crippen molar-refractivity contribution < 1.29 is 14.3 Å². The van der Waals surface area contributed by atoms with Gasteiger partial charge in [-0.3, -0.25) is 4.79 Å². The number of anilines is 1. The van der Waals surface area contributed by atoms with E-state index in [1.165, 1.54) is 12.8 Å². The standard InChI is InChI=1S/C18H25N3O3/c22-18(21-9-12-24-16-4-2-1-3-15(16)21)14-5-6-17(19-13-14)20-7-10-23-11-8-20/h5-6,13,15-16H,1-4,7-12H2/t15-,16-/m1/s1. The first kappa shape index (κ1) is 15.8. The van der Waals surface area contributed by atoms with E-state index in [1.807, 2.05) is 17.0 Å². The number of ether oxygens (including phenoxy) is 2. The Kier molecular flexibility index (Phi) is 4.67. The molecule has 2 aliphatic heterocycles. The van der Waals surface area contributed by atoms with Crippen LogP contribution in [0.4, 0.5) is 5.82 Å². The smallest absolute Gasteiger partial charge is 0.255 e. The van der Waals surface area contributed by atoms with Gasteiger partial charge in [0.1, 0.15) is 5.82 Å². The van der Waals surface area contributed by atoms with Gasteiger partial charge in [-0.2, -0.15) is 0 Å². The summed E-state index contributed by atoms with van der Waals surface area (Å²) in [5.41, 5.74) is 0.679. The topological polar surface area (TPSA) is 54.9 Å². The van der Waals surface area contributed by atoms with Gasteiger partial charge >= 0.3 is 0 Å². The molecule has 3 heterocycles. The van der Waals surface area contributed by atoms with Gasteiger partial charge in [0.05, 0.1) is 37.5 Å². The Morgan fingerprint density at radius 3 is 2.71 bits per heavy atom. The van der Waals surface area contributed by atoms with E-state index in [4.69, 9.17) is 9.47 Å². The highest BCUT2D eigenvalue weighted by atomic mass is 16.5. The van der Waals surface area contributed by atoms with Crippen molar-refractivity contribution in [3.8, 4) is 0 Å². The first-order valence-corrected chi connectivity index (χ1v) is 9.04. The molecule has 0 aromatic carbocycles. The summed E-state index contributed by atoms with van der Waals surface area (Å²) in [5, 5.41) is 0. The van der Waals surface area contributed by atoms with Crippen molar-refractivity contribution in [2.24, 2.45) is 0 Å². The molecule has 0 unspecified atom stereocenters. The molecule has 4 rings (SSSR count). The SMILES string of the molecule is O=C(c1ccc(N2CCOCC2)nc1)N1CCO[C@@H]2CCCC[C@H]21. The maximum absolute atomic E-state index is 12.9. The minimum atomic E-state index is 0.0937. The van der Waals surface area contributed by atoms with E-state index in [9.17, 15) is 4.79 Å². The highest BCUT2D eigenvalue weighted by Crippen LogP contribution is 2.29. The first-order chi connectivity index (χ1) is 11.8. The van der Waals surface area contributed by atoms with Gasteiger partial charge in [-0.25, -0.2) is 4.98 Å². The molecule has 0 spiro atoms. The second-order valence-corrected chi connectivity index (χ2v) is 6.76. The highest BCUT2D eigenvalue weighted by molar-refractivity contribution is 5.94. The van der Waals surface area contributed by atoms with Crippen LogP contribution in [-0.4, -0.2) is 67.4 Å². The number of nitrogens with zero attached hydrogens (tertiary/aromatic N) is 3. The van der Waals surface area contributed by atoms with E-state index >= 15 is 0 Å². The Labute approximate surface area is 142 Å². The van der Waals surface area contributed by atoms with Crippen LogP contribution in [0.5, 0.6) is 0 Å². The van der Waals surface area contributed by atoms with E-state index in [2.05, 4.69) is 9.88 Å². The van der Waals surface area contributed by atoms with Crippen LogP contribution in [0.3, 0.4) is 0 Å². The Bertz CT molecular complexity index is 569. The van der Waals surface area contributed by atoms with Crippen LogP contribution in [0.1, 0.15) is 36.0 Å². The summed E-state index contributed by atoms with van der Waals surface area (Å²) in [6, 6.07) is 4.10. The molecular formula is C18H25N3O3. The Balaban J connectivity index is 1.47. The van der Waals surface area contributed by atoms with Crippen LogP contribution in [0.15, 0.2) is 18.3 Å². The van der Waals surface area contributed by atoms with E-state index < -0.39 is 0 Å². The summed E-state index contributed by atoms with van der Waals surface area (Å²) >= 11 is 0. The number of rotatable bonds is 2. The van der Waals surface area contributed by atoms with E-state index in [-0.39, 0.29) is 18.1 Å². The molecule has 0 N–H and O–H groups in total. The van der Waals surface area contributed by atoms with Gasteiger partial charge in [0.15, 0.2) is 0 Å². The number of pyridine rings is 1. The van der Waals surface area contributed by atoms with Crippen molar-refractivity contribution in [3.05, 3.63) is 23.9 Å². The van der Waals surface area contributed by atoms with Gasteiger partial charge in [-0.05, 0) is 25.0 Å². The lowest BCUT2D eigenvalue weighted by Gasteiger charge is -2.43. The van der Waals surface area contributed by atoms with Crippen LogP contribution in [-0.2, 0) is 9.47 Å². The molecule has 2 atom stereocenters. The largest absolute Gasteiger partial charge is 0.378 e. The zero-order valence-corrected chi connectivity index (χ0v) is 14.0. The Morgan fingerprint density at radius 2 is 1.92 bits per heavy atom. The molecule has 3 aliphatic rings. The van der Waals surface area contributed by atoms with Gasteiger partial charge in [0.2, 0.25) is 0 Å². The van der Waals surface area contributed by atoms with Crippen molar-refractivity contribution in [1.82, 2.24) is 9.88 Å². The molecule has 6 heteroatoms. The van der Waals surface area contributed by atoms with Crippen molar-refractivity contribution in [2.45, 2.75) is 37.8 Å². The van der Waals surface area contributed by atoms with Crippen LogP contribution in [0.2, 0.25) is 0 Å². The van der Waals surface area contributed by atoms with Gasteiger partial charge in [-0.1, -0.05) is 12.8 Å². The van der Waals surface area contributed by atoms with Crippen molar-refractivity contribution >= 4 is 11.7 Å². The molecule has 1 aromatic rings. The monoisotopic (exact) mass is 331 g/mol. The number of carbonyl (C=O) groups excluding carboxylic acids is 1. The number of aromatic nitrogens is 1. The van der Waals surface area contributed by atoms with E-state index in [0.29, 0.717) is 18.7 Å². The maximum Gasteiger partial charge on any atom is 0.255 e. The normalized spacial score (nSPS) is 27.7. The zero-order chi connectivity index (χ0) is 16.4. The molecule has 6 nitrogen and oxygen atoms in total. The predicted molar refractivity (Wildman–Crippen MR) is 90.3 cm³/mol. The number of fused-ring (bicyclic) bond motifs is 1. The fourth-order valence-corrected chi connectivity index (χ4v) is 4.01. The fraction of sp³-hybridized carbons (Fsp3) is 0.667. The number of morpholine rings is 2. The van der Waals surface area contributed by atoms with Crippen LogP contribution >= 0.6 is 0 Å². The lowest BCUT2D eigenvalue weighted by Crippen LogP contribution is -2.54. The predicted octanol–water partition coefficient (Wildman–Crippen LogP) is 1.70. The van der Waals surface area contributed by atoms with Gasteiger partial charge < -0.3 is 19.3 Å². The third-order valence-corrected chi connectivity index (χ3v) is 5.32. The molecule has 2 saturated heterocycles. The molecular weight excluding hydrogens is 306 g/mol. The van der Waals surface area contributed by atoms with Crippen LogP contribution < -0.4 is 4.90 Å². The van der Waals surface area contributed by atoms with E-state index in [0.717, 1.165) is 45.0 Å². The average Bonchev–Trinajstić information content (AvgIpc) is 2.68. The molecule has 3 fully saturated rings. The fourth-order valence-electron chi connectivity index (χ4n) is 4.01. The van der Waals surface area contributed by atoms with Crippen LogP contribution in [0, 0.1) is 0 Å². The summed E-state index contributed by atoms with van der Waals surface area (Å²) in [7, 11) is 0. The van der Waals surface area contributed by atoms with E-state index in [1.54, 1.807) is 6.20 Å². The minimum Gasteiger partial charge on any atom is -0.378 e. The van der Waals surface area contributed by atoms with Gasteiger partial charge in [0.25, 0.3) is 5.91 Å². The summed E-state index contributed by atoms with van der Waals surface area (Å²) < 4.78 is 11.2. The molecule has 0 bridgehead atoms. The zero-order valence-electron chi connectivity index (χ0n) is 14.0. The van der Waals surface area contributed by atoms with Crippen molar-refractivity contribution in [3.63, 3.8) is 0 Å². The summed E-state index contributed by atoms with van der Waals surface area (Å²) in [5.74, 6) is 1.02. The number of hydrogen-bond donors (Lipinski definition) is 0. The summed E-state index contributed by atoms with van der Waals surface area (Å²) in [6.07, 6.45) is 6.46. The third kappa shape index (κ3) is 3.13. The number of amides is 1. The Hall–Kier alpha value is -1.66. The third-order valence-electron chi connectivity index (χ3n) is 5.32. The van der Waals surface area contributed by atoms with Gasteiger partial charge in [-0.15, -0.1) is 0 Å². The van der Waals surface area contributed by atoms with Gasteiger partial charge in [0, 0.05) is 25.8 Å². The minimum absolute atomic E-state index is 0.0937. The Morgan fingerprint density at radius 1 is 1.08 bits per heavy atom. The quantitative estimate of drug-likeness (QED) is 0.826. The molecule has 1 saturated carbocycles.